The van der Waals surface area contributed by atoms with Crippen molar-refractivity contribution in [2.75, 3.05) is 13.1 Å². The van der Waals surface area contributed by atoms with Crippen molar-refractivity contribution >= 4 is 34.3 Å². The average Bonchev–Trinajstić information content (AvgIpc) is 3.18. The first-order valence-corrected chi connectivity index (χ1v) is 10.7. The number of nitrogens with zero attached hydrogens (tertiary/aromatic N) is 2. The second-order valence-corrected chi connectivity index (χ2v) is 8.81. The van der Waals surface area contributed by atoms with Crippen LogP contribution in [0.25, 0.3) is 10.9 Å². The predicted octanol–water partition coefficient (Wildman–Crippen LogP) is 4.96. The summed E-state index contributed by atoms with van der Waals surface area (Å²) in [7, 11) is 0. The van der Waals surface area contributed by atoms with E-state index >= 15 is 0 Å². The third kappa shape index (κ3) is 4.15. The number of rotatable bonds is 5. The lowest BCUT2D eigenvalue weighted by Gasteiger charge is -2.33. The van der Waals surface area contributed by atoms with Gasteiger partial charge in [0.05, 0.1) is 10.2 Å². The third-order valence-corrected chi connectivity index (χ3v) is 6.68. The van der Waals surface area contributed by atoms with Crippen LogP contribution < -0.4 is 0 Å². The number of hydrogen-bond acceptors (Lipinski definition) is 4. The Morgan fingerprint density at radius 1 is 1.17 bits per heavy atom. The van der Waals surface area contributed by atoms with Gasteiger partial charge in [-0.2, -0.15) is 0 Å². The van der Waals surface area contributed by atoms with Crippen LogP contribution in [0.5, 0.6) is 0 Å². The van der Waals surface area contributed by atoms with Crippen LogP contribution in [-0.4, -0.2) is 39.1 Å². The molecule has 7 heteroatoms. The van der Waals surface area contributed by atoms with Crippen LogP contribution in [0.15, 0.2) is 59.6 Å². The normalized spacial score (nSPS) is 16.1. The zero-order chi connectivity index (χ0) is 20.4. The van der Waals surface area contributed by atoms with Crippen molar-refractivity contribution in [1.29, 1.82) is 0 Å². The molecule has 1 aliphatic rings. The number of piperidine rings is 1. The molecule has 1 aromatic heterocycles. The number of aromatic amines is 1. The fraction of sp³-hybridized carbons (Fsp3) is 0.318. The molecule has 2 aromatic carbocycles. The number of hydrogen-bond donors (Lipinski definition) is 1. The smallest absolute Gasteiger partial charge is 0.269 e. The number of carbonyl (C=O) groups excluding carboxylic acids is 1. The van der Waals surface area contributed by atoms with Gasteiger partial charge < -0.3 is 9.88 Å². The summed E-state index contributed by atoms with van der Waals surface area (Å²) in [5.74, 6) is 0.596. The number of aromatic nitrogens is 1. The zero-order valence-corrected chi connectivity index (χ0v) is 17.0. The van der Waals surface area contributed by atoms with Gasteiger partial charge in [-0.15, -0.1) is 11.8 Å². The van der Waals surface area contributed by atoms with E-state index < -0.39 is 4.92 Å². The van der Waals surface area contributed by atoms with Gasteiger partial charge in [0.15, 0.2) is 0 Å². The Morgan fingerprint density at radius 3 is 2.55 bits per heavy atom. The Hall–Kier alpha value is -2.80. The highest BCUT2D eigenvalue weighted by Crippen LogP contribution is 2.34. The van der Waals surface area contributed by atoms with Crippen LogP contribution in [0, 0.1) is 10.1 Å². The maximum absolute atomic E-state index is 12.9. The number of nitro benzene ring substituents is 1. The monoisotopic (exact) mass is 409 g/mol. The van der Waals surface area contributed by atoms with Crippen LogP contribution in [0.3, 0.4) is 0 Å². The van der Waals surface area contributed by atoms with Gasteiger partial charge in [0.1, 0.15) is 0 Å². The molecule has 1 aliphatic heterocycles. The minimum atomic E-state index is -0.416. The maximum Gasteiger partial charge on any atom is 0.269 e. The second kappa shape index (κ2) is 8.29. The average molecular weight is 410 g/mol. The van der Waals surface area contributed by atoms with E-state index in [2.05, 4.69) is 29.4 Å². The molecule has 4 rings (SSSR count). The summed E-state index contributed by atoms with van der Waals surface area (Å²) in [6.07, 6.45) is 4.03. The number of thioether (sulfide) groups is 1. The minimum Gasteiger partial charge on any atom is -0.361 e. The second-order valence-electron chi connectivity index (χ2n) is 7.40. The number of H-pyrrole nitrogens is 1. The molecule has 2 heterocycles. The van der Waals surface area contributed by atoms with Gasteiger partial charge in [-0.3, -0.25) is 14.9 Å². The van der Waals surface area contributed by atoms with E-state index in [0.717, 1.165) is 36.3 Å². The summed E-state index contributed by atoms with van der Waals surface area (Å²) in [5.41, 5.74) is 2.57. The number of likely N-dealkylation sites (tertiary alicyclic amines) is 1. The van der Waals surface area contributed by atoms with Gasteiger partial charge in [-0.25, -0.2) is 0 Å². The van der Waals surface area contributed by atoms with Gasteiger partial charge in [0.25, 0.3) is 5.69 Å². The Bertz CT molecular complexity index is 1020. The molecule has 0 aliphatic carbocycles. The summed E-state index contributed by atoms with van der Waals surface area (Å²) >= 11 is 1.45. The fourth-order valence-electron chi connectivity index (χ4n) is 4.00. The maximum atomic E-state index is 12.9. The molecular formula is C22H23N3O3S. The number of benzene rings is 2. The van der Waals surface area contributed by atoms with Crippen molar-refractivity contribution in [3.05, 3.63) is 70.4 Å². The van der Waals surface area contributed by atoms with Gasteiger partial charge in [-0.1, -0.05) is 18.2 Å². The highest BCUT2D eigenvalue weighted by atomic mass is 32.2. The number of para-hydroxylation sites is 1. The summed E-state index contributed by atoms with van der Waals surface area (Å²) < 4.78 is 0. The molecule has 29 heavy (non-hydrogen) atoms. The van der Waals surface area contributed by atoms with E-state index in [9.17, 15) is 14.9 Å². The molecule has 0 spiro atoms. The Labute approximate surface area is 173 Å². The first kappa shape index (κ1) is 19.5. The largest absolute Gasteiger partial charge is 0.361 e. The SMILES string of the molecule is CC(Sc1ccc([N+](=O)[O-])cc1)C(=O)N1CCC(c2c[nH]c3ccccc23)CC1. The number of nitro groups is 1. The molecular weight excluding hydrogens is 386 g/mol. The van der Waals surface area contributed by atoms with Gasteiger partial charge in [0.2, 0.25) is 5.91 Å². The predicted molar refractivity (Wildman–Crippen MR) is 115 cm³/mol. The van der Waals surface area contributed by atoms with Crippen molar-refractivity contribution < 1.29 is 9.72 Å². The fourth-order valence-corrected chi connectivity index (χ4v) is 4.95. The first-order chi connectivity index (χ1) is 14.0. The topological polar surface area (TPSA) is 79.2 Å². The van der Waals surface area contributed by atoms with Gasteiger partial charge in [-0.05, 0) is 49.4 Å². The number of nitrogens with one attached hydrogen (secondary N) is 1. The van der Waals surface area contributed by atoms with E-state index in [0.29, 0.717) is 5.92 Å². The van der Waals surface area contributed by atoms with Gasteiger partial charge >= 0.3 is 0 Å². The summed E-state index contributed by atoms with van der Waals surface area (Å²) in [5, 5.41) is 11.8. The number of non-ortho nitro benzene ring substituents is 1. The molecule has 150 valence electrons. The third-order valence-electron chi connectivity index (χ3n) is 5.58. The van der Waals surface area contributed by atoms with E-state index in [-0.39, 0.29) is 16.8 Å². The van der Waals surface area contributed by atoms with E-state index in [4.69, 9.17) is 0 Å². The zero-order valence-electron chi connectivity index (χ0n) is 16.2. The first-order valence-electron chi connectivity index (χ1n) is 9.79. The van der Waals surface area contributed by atoms with Crippen molar-refractivity contribution in [2.24, 2.45) is 0 Å². The summed E-state index contributed by atoms with van der Waals surface area (Å²) in [6, 6.07) is 14.7. The minimum absolute atomic E-state index is 0.0627. The lowest BCUT2D eigenvalue weighted by Crippen LogP contribution is -2.41. The molecule has 1 unspecified atom stereocenters. The molecule has 0 saturated carbocycles. The highest BCUT2D eigenvalue weighted by molar-refractivity contribution is 8.00. The van der Waals surface area contributed by atoms with Crippen LogP contribution in [0.2, 0.25) is 0 Å². The van der Waals surface area contributed by atoms with Crippen LogP contribution in [0.4, 0.5) is 5.69 Å². The van der Waals surface area contributed by atoms with Crippen LogP contribution >= 0.6 is 11.8 Å². The quantitative estimate of drug-likeness (QED) is 0.367. The van der Waals surface area contributed by atoms with Gasteiger partial charge in [0, 0.05) is 47.2 Å². The van der Waals surface area contributed by atoms with Crippen molar-refractivity contribution in [3.8, 4) is 0 Å². The highest BCUT2D eigenvalue weighted by Gasteiger charge is 2.28. The van der Waals surface area contributed by atoms with E-state index in [1.165, 1.54) is 34.8 Å². The molecule has 1 N–H and O–H groups in total. The molecule has 1 fully saturated rings. The molecule has 0 bridgehead atoms. The van der Waals surface area contributed by atoms with E-state index in [1.54, 1.807) is 12.1 Å². The van der Waals surface area contributed by atoms with E-state index in [1.807, 2.05) is 17.9 Å². The standard InChI is InChI=1S/C22H23N3O3S/c1-15(29-18-8-6-17(7-9-18)25(27)28)22(26)24-12-10-16(11-13-24)20-14-23-21-5-3-2-4-19(20)21/h2-9,14-16,23H,10-13H2,1H3. The Kier molecular flexibility index (Phi) is 5.58. The Balaban J connectivity index is 1.35. The summed E-state index contributed by atoms with van der Waals surface area (Å²) in [4.78, 5) is 29.4. The van der Waals surface area contributed by atoms with Crippen LogP contribution in [-0.2, 0) is 4.79 Å². The molecule has 1 atom stereocenters. The molecule has 1 saturated heterocycles. The molecule has 0 radical (unpaired) electrons. The number of carbonyl (C=O) groups is 1. The Morgan fingerprint density at radius 2 is 1.86 bits per heavy atom. The van der Waals surface area contributed by atoms with Crippen molar-refractivity contribution in [3.63, 3.8) is 0 Å². The lowest BCUT2D eigenvalue weighted by molar-refractivity contribution is -0.384. The van der Waals surface area contributed by atoms with Crippen molar-refractivity contribution in [1.82, 2.24) is 9.88 Å². The van der Waals surface area contributed by atoms with Crippen molar-refractivity contribution in [2.45, 2.75) is 35.8 Å². The molecule has 6 nitrogen and oxygen atoms in total. The number of fused-ring (bicyclic) bond motifs is 1. The summed E-state index contributed by atoms with van der Waals surface area (Å²) in [6.45, 7) is 3.42. The lowest BCUT2D eigenvalue weighted by atomic mass is 9.89. The molecule has 3 aromatic rings. The molecule has 1 amide bonds. The number of amides is 1. The van der Waals surface area contributed by atoms with Crippen LogP contribution in [0.1, 0.15) is 31.2 Å².